The van der Waals surface area contributed by atoms with E-state index >= 15 is 0 Å². The topological polar surface area (TPSA) is 61.9 Å². The number of benzene rings is 2. The Labute approximate surface area is 166 Å². The highest BCUT2D eigenvalue weighted by molar-refractivity contribution is 6.04. The summed E-state index contributed by atoms with van der Waals surface area (Å²) in [5.74, 6) is 0.112. The summed E-state index contributed by atoms with van der Waals surface area (Å²) < 4.78 is 5.27. The third-order valence-electron chi connectivity index (χ3n) is 4.94. The average Bonchev–Trinajstić information content (AvgIpc) is 2.68. The third-order valence-corrected chi connectivity index (χ3v) is 4.94. The molecule has 0 unspecified atom stereocenters. The van der Waals surface area contributed by atoms with Crippen molar-refractivity contribution in [2.24, 2.45) is 0 Å². The van der Waals surface area contributed by atoms with Crippen molar-refractivity contribution in [1.82, 2.24) is 4.90 Å². The van der Waals surface area contributed by atoms with Gasteiger partial charge < -0.3 is 19.9 Å². The molecule has 6 heteroatoms. The Hall–Kier alpha value is -3.02. The molecular weight excluding hydrogens is 354 g/mol. The molecule has 1 aliphatic heterocycles. The molecule has 0 saturated carbocycles. The molecule has 1 heterocycles. The summed E-state index contributed by atoms with van der Waals surface area (Å²) in [6, 6.07) is 13.9. The van der Waals surface area contributed by atoms with Crippen LogP contribution >= 0.6 is 0 Å². The smallest absolute Gasteiger partial charge is 0.233 e. The molecule has 1 saturated heterocycles. The molecule has 0 aromatic heterocycles. The summed E-state index contributed by atoms with van der Waals surface area (Å²) in [5, 5.41) is 2.79. The van der Waals surface area contributed by atoms with Crippen LogP contribution in [0.1, 0.15) is 17.5 Å². The molecule has 0 radical (unpaired) electrons. The van der Waals surface area contributed by atoms with E-state index in [-0.39, 0.29) is 18.2 Å². The number of carbonyl (C=O) groups is 2. The third kappa shape index (κ3) is 4.82. The second-order valence-corrected chi connectivity index (χ2v) is 7.14. The fourth-order valence-electron chi connectivity index (χ4n) is 3.40. The van der Waals surface area contributed by atoms with Crippen molar-refractivity contribution in [2.45, 2.75) is 20.3 Å². The molecule has 0 aliphatic carbocycles. The normalized spacial score (nSPS) is 14.0. The Morgan fingerprint density at radius 1 is 1.00 bits per heavy atom. The number of hydrogen-bond acceptors (Lipinski definition) is 4. The number of nitrogens with zero attached hydrogens (tertiary/aromatic N) is 2. The molecule has 2 aromatic carbocycles. The molecular formula is C22H27N3O3. The van der Waals surface area contributed by atoms with Gasteiger partial charge in [-0.3, -0.25) is 9.59 Å². The van der Waals surface area contributed by atoms with E-state index in [2.05, 4.69) is 35.3 Å². The molecule has 2 aromatic rings. The van der Waals surface area contributed by atoms with Crippen LogP contribution < -0.4 is 15.0 Å². The minimum atomic E-state index is -0.324. The van der Waals surface area contributed by atoms with E-state index in [9.17, 15) is 9.59 Å². The summed E-state index contributed by atoms with van der Waals surface area (Å²) in [5.41, 5.74) is 4.00. The standard InChI is InChI=1S/C22H27N3O3/c1-16-5-4-6-18(13-16)24-9-11-25(12-10-24)22(27)15-21(26)23-19-14-17(2)7-8-20(19)28-3/h4-8,13-14H,9-12,15H2,1-3H3,(H,23,26). The van der Waals surface area contributed by atoms with E-state index in [0.717, 1.165) is 18.7 Å². The van der Waals surface area contributed by atoms with Gasteiger partial charge in [-0.2, -0.15) is 0 Å². The van der Waals surface area contributed by atoms with Crippen LogP contribution in [0.25, 0.3) is 0 Å². The first-order valence-corrected chi connectivity index (χ1v) is 9.50. The maximum Gasteiger partial charge on any atom is 0.233 e. The Bertz CT molecular complexity index is 858. The number of ether oxygens (including phenoxy) is 1. The maximum absolute atomic E-state index is 12.5. The predicted octanol–water partition coefficient (Wildman–Crippen LogP) is 2.99. The number of nitrogens with one attached hydrogen (secondary N) is 1. The van der Waals surface area contributed by atoms with E-state index in [1.165, 1.54) is 11.3 Å². The van der Waals surface area contributed by atoms with Crippen LogP contribution in [0.5, 0.6) is 5.75 Å². The van der Waals surface area contributed by atoms with Crippen LogP contribution in [0.3, 0.4) is 0 Å². The molecule has 2 amide bonds. The molecule has 0 bridgehead atoms. The van der Waals surface area contributed by atoms with Crippen molar-refractivity contribution in [3.8, 4) is 5.75 Å². The molecule has 148 valence electrons. The van der Waals surface area contributed by atoms with E-state index in [0.29, 0.717) is 24.5 Å². The Morgan fingerprint density at radius 2 is 1.71 bits per heavy atom. The minimum Gasteiger partial charge on any atom is -0.495 e. The fourth-order valence-corrected chi connectivity index (χ4v) is 3.40. The zero-order chi connectivity index (χ0) is 20.1. The summed E-state index contributed by atoms with van der Waals surface area (Å²) >= 11 is 0. The van der Waals surface area contributed by atoms with E-state index < -0.39 is 0 Å². The lowest BCUT2D eigenvalue weighted by Crippen LogP contribution is -2.49. The van der Waals surface area contributed by atoms with Crippen molar-refractivity contribution in [2.75, 3.05) is 43.5 Å². The Balaban J connectivity index is 1.53. The molecule has 0 spiro atoms. The van der Waals surface area contributed by atoms with E-state index in [1.54, 1.807) is 18.1 Å². The van der Waals surface area contributed by atoms with Crippen molar-refractivity contribution in [3.63, 3.8) is 0 Å². The summed E-state index contributed by atoms with van der Waals surface area (Å²) in [6.07, 6.45) is -0.165. The number of piperazine rings is 1. The van der Waals surface area contributed by atoms with Crippen LogP contribution in [-0.2, 0) is 9.59 Å². The molecule has 1 aliphatic rings. The van der Waals surface area contributed by atoms with Gasteiger partial charge in [-0.25, -0.2) is 0 Å². The van der Waals surface area contributed by atoms with Crippen molar-refractivity contribution < 1.29 is 14.3 Å². The van der Waals surface area contributed by atoms with Crippen LogP contribution in [0.2, 0.25) is 0 Å². The van der Waals surface area contributed by atoms with Gasteiger partial charge in [-0.05, 0) is 49.2 Å². The molecule has 3 rings (SSSR count). The van der Waals surface area contributed by atoms with Gasteiger partial charge in [0.2, 0.25) is 11.8 Å². The van der Waals surface area contributed by atoms with Gasteiger partial charge >= 0.3 is 0 Å². The lowest BCUT2D eigenvalue weighted by atomic mass is 10.2. The average molecular weight is 381 g/mol. The van der Waals surface area contributed by atoms with Crippen LogP contribution in [-0.4, -0.2) is 50.0 Å². The second kappa shape index (κ2) is 8.78. The van der Waals surface area contributed by atoms with Crippen molar-refractivity contribution in [1.29, 1.82) is 0 Å². The van der Waals surface area contributed by atoms with Crippen molar-refractivity contribution >= 4 is 23.2 Å². The highest BCUT2D eigenvalue weighted by Crippen LogP contribution is 2.25. The van der Waals surface area contributed by atoms with Gasteiger partial charge in [0.1, 0.15) is 12.2 Å². The van der Waals surface area contributed by atoms with Gasteiger partial charge in [0.05, 0.1) is 12.8 Å². The van der Waals surface area contributed by atoms with Gasteiger partial charge in [0.25, 0.3) is 0 Å². The lowest BCUT2D eigenvalue weighted by Gasteiger charge is -2.36. The molecule has 6 nitrogen and oxygen atoms in total. The Kier molecular flexibility index (Phi) is 6.19. The first-order chi connectivity index (χ1) is 13.5. The van der Waals surface area contributed by atoms with E-state index in [4.69, 9.17) is 4.74 Å². The summed E-state index contributed by atoms with van der Waals surface area (Å²) in [4.78, 5) is 28.9. The van der Waals surface area contributed by atoms with Crippen LogP contribution in [0.15, 0.2) is 42.5 Å². The number of rotatable bonds is 5. The highest BCUT2D eigenvalue weighted by atomic mass is 16.5. The molecule has 1 fully saturated rings. The Morgan fingerprint density at radius 3 is 2.39 bits per heavy atom. The number of amides is 2. The van der Waals surface area contributed by atoms with E-state index in [1.807, 2.05) is 25.1 Å². The zero-order valence-corrected chi connectivity index (χ0v) is 16.7. The molecule has 28 heavy (non-hydrogen) atoms. The van der Waals surface area contributed by atoms with Gasteiger partial charge in [0, 0.05) is 31.9 Å². The highest BCUT2D eigenvalue weighted by Gasteiger charge is 2.23. The molecule has 0 atom stereocenters. The SMILES string of the molecule is COc1ccc(C)cc1NC(=O)CC(=O)N1CCN(c2cccc(C)c2)CC1. The maximum atomic E-state index is 12.5. The second-order valence-electron chi connectivity index (χ2n) is 7.14. The van der Waals surface area contributed by atoms with Crippen LogP contribution in [0.4, 0.5) is 11.4 Å². The minimum absolute atomic E-state index is 0.145. The number of aryl methyl sites for hydroxylation is 2. The van der Waals surface area contributed by atoms with Gasteiger partial charge in [-0.1, -0.05) is 18.2 Å². The number of hydrogen-bond donors (Lipinski definition) is 1. The van der Waals surface area contributed by atoms with Gasteiger partial charge in [-0.15, -0.1) is 0 Å². The predicted molar refractivity (Wildman–Crippen MR) is 111 cm³/mol. The zero-order valence-electron chi connectivity index (χ0n) is 16.7. The summed E-state index contributed by atoms with van der Waals surface area (Å²) in [6.45, 7) is 6.78. The first-order valence-electron chi connectivity index (χ1n) is 9.50. The first kappa shape index (κ1) is 19.7. The lowest BCUT2D eigenvalue weighted by molar-refractivity contribution is -0.134. The van der Waals surface area contributed by atoms with Gasteiger partial charge in [0.15, 0.2) is 0 Å². The number of methoxy groups -OCH3 is 1. The largest absolute Gasteiger partial charge is 0.495 e. The van der Waals surface area contributed by atoms with Crippen LogP contribution in [0, 0.1) is 13.8 Å². The summed E-state index contributed by atoms with van der Waals surface area (Å²) in [7, 11) is 1.55. The number of anilines is 2. The quantitative estimate of drug-likeness (QED) is 0.809. The number of carbonyl (C=O) groups excluding carboxylic acids is 2. The monoisotopic (exact) mass is 381 g/mol. The van der Waals surface area contributed by atoms with Crippen molar-refractivity contribution in [3.05, 3.63) is 53.6 Å². The molecule has 1 N–H and O–H groups in total. The fraction of sp³-hybridized carbons (Fsp3) is 0.364.